The molecule has 0 bridgehead atoms. The van der Waals surface area contributed by atoms with E-state index in [2.05, 4.69) is 32.0 Å². The van der Waals surface area contributed by atoms with Gasteiger partial charge in [0, 0.05) is 5.69 Å². The van der Waals surface area contributed by atoms with Crippen LogP contribution in [0, 0.1) is 12.8 Å². The smallest absolute Gasteiger partial charge is 0.0349 e. The molecule has 1 fully saturated rings. The highest BCUT2D eigenvalue weighted by Crippen LogP contribution is 2.38. The summed E-state index contributed by atoms with van der Waals surface area (Å²) < 4.78 is 0. The zero-order chi connectivity index (χ0) is 10.8. The topological polar surface area (TPSA) is 26.0 Å². The Hall–Kier alpha value is -0.980. The predicted molar refractivity (Wildman–Crippen MR) is 66.0 cm³/mol. The summed E-state index contributed by atoms with van der Waals surface area (Å²) in [4.78, 5) is 0. The molecule has 0 spiro atoms. The first-order valence-electron chi connectivity index (χ1n) is 6.03. The Morgan fingerprint density at radius 3 is 2.80 bits per heavy atom. The molecule has 1 aliphatic rings. The third kappa shape index (κ3) is 2.34. The fourth-order valence-electron chi connectivity index (χ4n) is 2.76. The quantitative estimate of drug-likeness (QED) is 0.689. The van der Waals surface area contributed by atoms with Crippen LogP contribution < -0.4 is 5.73 Å². The van der Waals surface area contributed by atoms with Crippen molar-refractivity contribution in [3.8, 4) is 0 Å². The van der Waals surface area contributed by atoms with Crippen molar-refractivity contribution in [2.24, 2.45) is 5.92 Å². The van der Waals surface area contributed by atoms with E-state index < -0.39 is 0 Å². The van der Waals surface area contributed by atoms with Crippen molar-refractivity contribution in [2.45, 2.75) is 45.4 Å². The van der Waals surface area contributed by atoms with E-state index in [1.165, 1.54) is 36.8 Å². The molecule has 15 heavy (non-hydrogen) atoms. The molecule has 82 valence electrons. The lowest BCUT2D eigenvalue weighted by atomic mass is 9.78. The van der Waals surface area contributed by atoms with Crippen molar-refractivity contribution in [3.05, 3.63) is 29.3 Å². The van der Waals surface area contributed by atoms with Crippen LogP contribution in [0.4, 0.5) is 5.69 Å². The standard InChI is InChI=1S/C14H21N/c1-10-4-3-5-12(8-10)13-9-11(2)6-7-14(13)15/h6-7,9-10,12H,3-5,8,15H2,1-2H3/t10-,12+/m0/s1. The number of nitrogen functional groups attached to an aromatic ring is 1. The molecule has 1 nitrogen and oxygen atoms in total. The molecule has 0 heterocycles. The normalized spacial score (nSPS) is 26.5. The SMILES string of the molecule is Cc1ccc(N)c([C@@H]2CCC[C@H](C)C2)c1. The van der Waals surface area contributed by atoms with E-state index in [0.29, 0.717) is 5.92 Å². The number of aryl methyl sites for hydroxylation is 1. The second-order valence-electron chi connectivity index (χ2n) is 5.10. The Morgan fingerprint density at radius 2 is 2.07 bits per heavy atom. The van der Waals surface area contributed by atoms with Crippen LogP contribution in [-0.2, 0) is 0 Å². The molecule has 1 aliphatic carbocycles. The highest BCUT2D eigenvalue weighted by Gasteiger charge is 2.21. The number of nitrogens with two attached hydrogens (primary N) is 1. The largest absolute Gasteiger partial charge is 0.398 e. The molecule has 1 heteroatoms. The maximum atomic E-state index is 6.07. The van der Waals surface area contributed by atoms with Crippen LogP contribution in [-0.4, -0.2) is 0 Å². The van der Waals surface area contributed by atoms with E-state index in [9.17, 15) is 0 Å². The summed E-state index contributed by atoms with van der Waals surface area (Å²) in [6.45, 7) is 4.51. The van der Waals surface area contributed by atoms with Gasteiger partial charge in [-0.15, -0.1) is 0 Å². The summed E-state index contributed by atoms with van der Waals surface area (Å²) >= 11 is 0. The maximum absolute atomic E-state index is 6.07. The lowest BCUT2D eigenvalue weighted by Gasteiger charge is -2.28. The van der Waals surface area contributed by atoms with E-state index >= 15 is 0 Å². The number of benzene rings is 1. The summed E-state index contributed by atoms with van der Waals surface area (Å²) in [6, 6.07) is 6.44. The molecular formula is C14H21N. The van der Waals surface area contributed by atoms with Gasteiger partial charge < -0.3 is 5.73 Å². The minimum absolute atomic E-state index is 0.702. The average Bonchev–Trinajstić information content (AvgIpc) is 2.22. The molecule has 2 atom stereocenters. The van der Waals surface area contributed by atoms with Crippen LogP contribution in [0.3, 0.4) is 0 Å². The van der Waals surface area contributed by atoms with Gasteiger partial charge in [0.25, 0.3) is 0 Å². The van der Waals surface area contributed by atoms with Crippen molar-refractivity contribution >= 4 is 5.69 Å². The zero-order valence-corrected chi connectivity index (χ0v) is 9.79. The van der Waals surface area contributed by atoms with Gasteiger partial charge in [-0.05, 0) is 43.2 Å². The van der Waals surface area contributed by atoms with Crippen LogP contribution in [0.2, 0.25) is 0 Å². The van der Waals surface area contributed by atoms with E-state index in [0.717, 1.165) is 11.6 Å². The van der Waals surface area contributed by atoms with Gasteiger partial charge in [-0.3, -0.25) is 0 Å². The third-order valence-corrected chi connectivity index (χ3v) is 3.62. The van der Waals surface area contributed by atoms with Gasteiger partial charge in [0.2, 0.25) is 0 Å². The Morgan fingerprint density at radius 1 is 1.27 bits per heavy atom. The summed E-state index contributed by atoms with van der Waals surface area (Å²) in [6.07, 6.45) is 5.38. The van der Waals surface area contributed by atoms with Gasteiger partial charge in [-0.1, -0.05) is 37.5 Å². The fourth-order valence-corrected chi connectivity index (χ4v) is 2.76. The Bertz CT molecular complexity index is 343. The van der Waals surface area contributed by atoms with Crippen molar-refractivity contribution < 1.29 is 0 Å². The lowest BCUT2D eigenvalue weighted by molar-refractivity contribution is 0.344. The van der Waals surface area contributed by atoms with E-state index in [1.54, 1.807) is 0 Å². The zero-order valence-electron chi connectivity index (χ0n) is 9.79. The molecular weight excluding hydrogens is 182 g/mol. The first-order valence-corrected chi connectivity index (χ1v) is 6.03. The lowest BCUT2D eigenvalue weighted by Crippen LogP contribution is -2.13. The minimum atomic E-state index is 0.702. The molecule has 2 rings (SSSR count). The maximum Gasteiger partial charge on any atom is 0.0349 e. The summed E-state index contributed by atoms with van der Waals surface area (Å²) in [5.41, 5.74) is 9.77. The Kier molecular flexibility index (Phi) is 2.99. The van der Waals surface area contributed by atoms with E-state index in [4.69, 9.17) is 5.73 Å². The molecule has 0 aliphatic heterocycles. The number of hydrogen-bond donors (Lipinski definition) is 1. The number of anilines is 1. The molecule has 0 unspecified atom stereocenters. The average molecular weight is 203 g/mol. The van der Waals surface area contributed by atoms with Gasteiger partial charge in [-0.2, -0.15) is 0 Å². The van der Waals surface area contributed by atoms with Gasteiger partial charge >= 0.3 is 0 Å². The van der Waals surface area contributed by atoms with Crippen molar-refractivity contribution in [3.63, 3.8) is 0 Å². The molecule has 1 aromatic rings. The predicted octanol–water partition coefficient (Wildman–Crippen LogP) is 3.87. The number of hydrogen-bond acceptors (Lipinski definition) is 1. The summed E-state index contributed by atoms with van der Waals surface area (Å²) in [5, 5.41) is 0. The monoisotopic (exact) mass is 203 g/mol. The van der Waals surface area contributed by atoms with Crippen LogP contribution in [0.5, 0.6) is 0 Å². The first-order chi connectivity index (χ1) is 7.16. The molecule has 1 saturated carbocycles. The minimum Gasteiger partial charge on any atom is -0.398 e. The fraction of sp³-hybridized carbons (Fsp3) is 0.571. The van der Waals surface area contributed by atoms with E-state index in [-0.39, 0.29) is 0 Å². The van der Waals surface area contributed by atoms with Crippen LogP contribution in [0.25, 0.3) is 0 Å². The summed E-state index contributed by atoms with van der Waals surface area (Å²) in [7, 11) is 0. The molecule has 0 aromatic heterocycles. The second kappa shape index (κ2) is 4.26. The van der Waals surface area contributed by atoms with Gasteiger partial charge in [0.05, 0.1) is 0 Å². The first kappa shape index (κ1) is 10.5. The van der Waals surface area contributed by atoms with E-state index in [1.807, 2.05) is 0 Å². The Labute approximate surface area is 92.7 Å². The molecule has 2 N–H and O–H groups in total. The van der Waals surface area contributed by atoms with Gasteiger partial charge in [0.1, 0.15) is 0 Å². The molecule has 0 radical (unpaired) electrons. The van der Waals surface area contributed by atoms with Crippen molar-refractivity contribution in [1.82, 2.24) is 0 Å². The van der Waals surface area contributed by atoms with Crippen LogP contribution in [0.1, 0.15) is 49.7 Å². The van der Waals surface area contributed by atoms with Gasteiger partial charge in [0.15, 0.2) is 0 Å². The van der Waals surface area contributed by atoms with Crippen molar-refractivity contribution in [2.75, 3.05) is 5.73 Å². The summed E-state index contributed by atoms with van der Waals surface area (Å²) in [5.74, 6) is 1.57. The van der Waals surface area contributed by atoms with Crippen LogP contribution in [0.15, 0.2) is 18.2 Å². The third-order valence-electron chi connectivity index (χ3n) is 3.62. The second-order valence-corrected chi connectivity index (χ2v) is 5.10. The molecule has 0 amide bonds. The van der Waals surface area contributed by atoms with Crippen molar-refractivity contribution in [1.29, 1.82) is 0 Å². The Balaban J connectivity index is 2.24. The number of rotatable bonds is 1. The van der Waals surface area contributed by atoms with Crippen LogP contribution >= 0.6 is 0 Å². The van der Waals surface area contributed by atoms with Gasteiger partial charge in [-0.25, -0.2) is 0 Å². The highest BCUT2D eigenvalue weighted by atomic mass is 14.6. The molecule has 1 aromatic carbocycles. The highest BCUT2D eigenvalue weighted by molar-refractivity contribution is 5.50. The molecule has 0 saturated heterocycles.